The minimum absolute atomic E-state index is 0.483. The fourth-order valence-corrected chi connectivity index (χ4v) is 2.74. The molecule has 0 atom stereocenters. The van der Waals surface area contributed by atoms with Crippen molar-refractivity contribution in [2.45, 2.75) is 26.0 Å². The number of nitrogens with one attached hydrogen (secondary N) is 1. The van der Waals surface area contributed by atoms with Crippen LogP contribution >= 0.6 is 0 Å². The number of sulfonamides is 1. The van der Waals surface area contributed by atoms with Crippen LogP contribution in [0.4, 0.5) is 5.69 Å². The Labute approximate surface area is 134 Å². The first-order valence-corrected chi connectivity index (χ1v) is 8.72. The Morgan fingerprint density at radius 2 is 1.74 bits per heavy atom. The molecular weight excluding hydrogens is 314 g/mol. The third-order valence-electron chi connectivity index (χ3n) is 3.48. The summed E-state index contributed by atoms with van der Waals surface area (Å²) in [6, 6.07) is 10.8. The molecule has 0 bridgehead atoms. The van der Waals surface area contributed by atoms with E-state index in [9.17, 15) is 8.42 Å². The first-order valence-electron chi connectivity index (χ1n) is 7.18. The Balaban J connectivity index is 1.90. The molecule has 1 aromatic carbocycles. The van der Waals surface area contributed by atoms with E-state index in [2.05, 4.69) is 20.0 Å². The van der Waals surface area contributed by atoms with E-state index in [1.807, 2.05) is 31.2 Å². The molecule has 0 unspecified atom stereocenters. The second-order valence-electron chi connectivity index (χ2n) is 5.51. The van der Waals surface area contributed by atoms with Gasteiger partial charge in [0.25, 0.3) is 0 Å². The molecule has 0 aliphatic heterocycles. The van der Waals surface area contributed by atoms with E-state index >= 15 is 0 Å². The Morgan fingerprint density at radius 3 is 2.39 bits per heavy atom. The van der Waals surface area contributed by atoms with Crippen LogP contribution in [-0.2, 0) is 10.0 Å². The number of rotatable bonds is 4. The van der Waals surface area contributed by atoms with Crippen LogP contribution in [0.3, 0.4) is 0 Å². The van der Waals surface area contributed by atoms with Crippen molar-refractivity contribution in [2.75, 3.05) is 4.72 Å². The van der Waals surface area contributed by atoms with Gasteiger partial charge in [0.15, 0.2) is 11.5 Å². The molecule has 0 radical (unpaired) electrons. The van der Waals surface area contributed by atoms with Crippen molar-refractivity contribution in [3.05, 3.63) is 42.2 Å². The highest BCUT2D eigenvalue weighted by Gasteiger charge is 2.15. The molecule has 3 aromatic rings. The van der Waals surface area contributed by atoms with Gasteiger partial charge in [-0.3, -0.25) is 4.72 Å². The van der Waals surface area contributed by atoms with Crippen LogP contribution in [-0.4, -0.2) is 33.5 Å². The molecular formula is C15H17N5O2S. The quantitative estimate of drug-likeness (QED) is 0.792. The lowest BCUT2D eigenvalue weighted by Gasteiger charge is -2.11. The molecule has 120 valence electrons. The molecule has 2 heterocycles. The molecule has 3 rings (SSSR count). The predicted molar refractivity (Wildman–Crippen MR) is 88.6 cm³/mol. The zero-order chi connectivity index (χ0) is 16.6. The first kappa shape index (κ1) is 15.4. The Morgan fingerprint density at radius 1 is 1.04 bits per heavy atom. The van der Waals surface area contributed by atoms with Gasteiger partial charge in [-0.2, -0.15) is 9.61 Å². The van der Waals surface area contributed by atoms with Crippen molar-refractivity contribution >= 4 is 21.4 Å². The molecule has 0 saturated heterocycles. The van der Waals surface area contributed by atoms with Gasteiger partial charge >= 0.3 is 0 Å². The lowest BCUT2D eigenvalue weighted by Crippen LogP contribution is -2.22. The summed E-state index contributed by atoms with van der Waals surface area (Å²) in [5.41, 5.74) is 2.86. The molecule has 0 spiro atoms. The predicted octanol–water partition coefficient (Wildman–Crippen LogP) is 2.25. The first-order chi connectivity index (χ1) is 10.9. The van der Waals surface area contributed by atoms with Gasteiger partial charge < -0.3 is 0 Å². The van der Waals surface area contributed by atoms with E-state index in [1.54, 1.807) is 30.5 Å². The molecule has 0 aliphatic carbocycles. The summed E-state index contributed by atoms with van der Waals surface area (Å²) in [7, 11) is -3.34. The SMILES string of the molecule is Cc1nnc2ccc(-c3ccc(NS(=O)(=O)C(C)C)cc3)nn12. The van der Waals surface area contributed by atoms with Gasteiger partial charge in [-0.15, -0.1) is 10.2 Å². The summed E-state index contributed by atoms with van der Waals surface area (Å²) >= 11 is 0. The number of hydrogen-bond acceptors (Lipinski definition) is 5. The number of aryl methyl sites for hydroxylation is 1. The average Bonchev–Trinajstić information content (AvgIpc) is 2.88. The number of aromatic nitrogens is 4. The summed E-state index contributed by atoms with van der Waals surface area (Å²) in [6.45, 7) is 5.11. The van der Waals surface area contributed by atoms with Crippen LogP contribution in [0.15, 0.2) is 36.4 Å². The maximum atomic E-state index is 11.9. The average molecular weight is 331 g/mol. The van der Waals surface area contributed by atoms with Gasteiger partial charge in [-0.05, 0) is 45.0 Å². The highest BCUT2D eigenvalue weighted by Crippen LogP contribution is 2.21. The van der Waals surface area contributed by atoms with Crippen LogP contribution in [0.1, 0.15) is 19.7 Å². The van der Waals surface area contributed by atoms with Crippen LogP contribution in [0.25, 0.3) is 16.9 Å². The molecule has 0 saturated carbocycles. The van der Waals surface area contributed by atoms with Gasteiger partial charge in [0, 0.05) is 11.3 Å². The molecule has 0 fully saturated rings. The van der Waals surface area contributed by atoms with E-state index in [1.165, 1.54) is 0 Å². The van der Waals surface area contributed by atoms with Gasteiger partial charge in [-0.25, -0.2) is 8.42 Å². The second kappa shape index (κ2) is 5.62. The summed E-state index contributed by atoms with van der Waals surface area (Å²) < 4.78 is 28.0. The third-order valence-corrected chi connectivity index (χ3v) is 5.24. The van der Waals surface area contributed by atoms with Crippen molar-refractivity contribution in [1.82, 2.24) is 19.8 Å². The van der Waals surface area contributed by atoms with Crippen LogP contribution < -0.4 is 4.72 Å². The Kier molecular flexibility index (Phi) is 3.77. The highest BCUT2D eigenvalue weighted by molar-refractivity contribution is 7.93. The summed E-state index contributed by atoms with van der Waals surface area (Å²) in [6.07, 6.45) is 0. The van der Waals surface area contributed by atoms with Crippen LogP contribution in [0.5, 0.6) is 0 Å². The van der Waals surface area contributed by atoms with E-state index < -0.39 is 15.3 Å². The number of benzene rings is 1. The van der Waals surface area contributed by atoms with Crippen LogP contribution in [0, 0.1) is 6.92 Å². The van der Waals surface area contributed by atoms with Gasteiger partial charge in [0.2, 0.25) is 10.0 Å². The van der Waals surface area contributed by atoms with E-state index in [4.69, 9.17) is 0 Å². The largest absolute Gasteiger partial charge is 0.283 e. The van der Waals surface area contributed by atoms with E-state index in [-0.39, 0.29) is 0 Å². The summed E-state index contributed by atoms with van der Waals surface area (Å²) in [4.78, 5) is 0. The van der Waals surface area contributed by atoms with Gasteiger partial charge in [-0.1, -0.05) is 12.1 Å². The fourth-order valence-electron chi connectivity index (χ4n) is 2.04. The van der Waals surface area contributed by atoms with Crippen molar-refractivity contribution in [2.24, 2.45) is 0 Å². The third kappa shape index (κ3) is 3.02. The minimum Gasteiger partial charge on any atom is -0.283 e. The smallest absolute Gasteiger partial charge is 0.235 e. The Bertz CT molecular complexity index is 946. The van der Waals surface area contributed by atoms with E-state index in [0.717, 1.165) is 11.3 Å². The van der Waals surface area contributed by atoms with Crippen molar-refractivity contribution in [3.8, 4) is 11.3 Å². The summed E-state index contributed by atoms with van der Waals surface area (Å²) in [5, 5.41) is 12.0. The molecule has 0 aliphatic rings. The molecule has 2 aromatic heterocycles. The van der Waals surface area contributed by atoms with Crippen LogP contribution in [0.2, 0.25) is 0 Å². The van der Waals surface area contributed by atoms with Crippen molar-refractivity contribution < 1.29 is 8.42 Å². The number of hydrogen-bond donors (Lipinski definition) is 1. The highest BCUT2D eigenvalue weighted by atomic mass is 32.2. The standard InChI is InChI=1S/C15H17N5O2S/c1-10(2)23(21,22)19-13-6-4-12(5-7-13)14-8-9-15-17-16-11(3)20(15)18-14/h4-10,19H,1-3H3. The number of nitrogens with zero attached hydrogens (tertiary/aromatic N) is 4. The molecule has 7 nitrogen and oxygen atoms in total. The minimum atomic E-state index is -3.34. The molecule has 23 heavy (non-hydrogen) atoms. The molecule has 0 amide bonds. The van der Waals surface area contributed by atoms with E-state index in [0.29, 0.717) is 17.2 Å². The zero-order valence-electron chi connectivity index (χ0n) is 13.1. The maximum absolute atomic E-state index is 11.9. The monoisotopic (exact) mass is 331 g/mol. The van der Waals surface area contributed by atoms with Gasteiger partial charge in [0.05, 0.1) is 10.9 Å². The maximum Gasteiger partial charge on any atom is 0.235 e. The van der Waals surface area contributed by atoms with Crippen molar-refractivity contribution in [3.63, 3.8) is 0 Å². The second-order valence-corrected chi connectivity index (χ2v) is 7.75. The van der Waals surface area contributed by atoms with Gasteiger partial charge in [0.1, 0.15) is 0 Å². The fraction of sp³-hybridized carbons (Fsp3) is 0.267. The normalized spacial score (nSPS) is 12.0. The topological polar surface area (TPSA) is 89.2 Å². The number of fused-ring (bicyclic) bond motifs is 1. The Hall–Kier alpha value is -2.48. The molecule has 8 heteroatoms. The number of anilines is 1. The zero-order valence-corrected chi connectivity index (χ0v) is 13.9. The van der Waals surface area contributed by atoms with Crippen molar-refractivity contribution in [1.29, 1.82) is 0 Å². The summed E-state index contributed by atoms with van der Waals surface area (Å²) in [5.74, 6) is 0.711. The lowest BCUT2D eigenvalue weighted by molar-refractivity contribution is 0.593. The lowest BCUT2D eigenvalue weighted by atomic mass is 10.1. The molecule has 1 N–H and O–H groups in total.